The van der Waals surface area contributed by atoms with Crippen LogP contribution >= 0.6 is 0 Å². The van der Waals surface area contributed by atoms with Crippen molar-refractivity contribution in [1.29, 1.82) is 10.8 Å². The number of ether oxygens (including phenoxy) is 6. The summed E-state index contributed by atoms with van der Waals surface area (Å²) in [7, 11) is 0. The molecule has 0 saturated heterocycles. The molecule has 0 aliphatic heterocycles. The first kappa shape index (κ1) is 56.5. The maximum Gasteiger partial charge on any atom is 0.437 e. The van der Waals surface area contributed by atoms with E-state index in [0.717, 1.165) is 56.3 Å². The highest BCUT2D eigenvalue weighted by molar-refractivity contribution is 6.05. The Balaban J connectivity index is 2.13. The van der Waals surface area contributed by atoms with Gasteiger partial charge in [0.25, 0.3) is 0 Å². The van der Waals surface area contributed by atoms with Gasteiger partial charge < -0.3 is 33.8 Å². The van der Waals surface area contributed by atoms with Gasteiger partial charge in [-0.15, -0.1) is 4.99 Å². The Hall–Kier alpha value is -5.67. The summed E-state index contributed by atoms with van der Waals surface area (Å²) in [5.74, 6) is 1.08. The molecule has 2 aromatic rings. The molecule has 0 saturated carbocycles. The first-order valence-corrected chi connectivity index (χ1v) is 23.1. The number of guanidine groups is 1. The highest BCUT2D eigenvalue weighted by atomic mass is 16.6. The molecular formula is C50H78N6O10. The summed E-state index contributed by atoms with van der Waals surface area (Å²) in [5.41, 5.74) is -1.50. The van der Waals surface area contributed by atoms with E-state index >= 15 is 0 Å². The molecule has 368 valence electrons. The fourth-order valence-corrected chi connectivity index (χ4v) is 5.99. The summed E-state index contributed by atoms with van der Waals surface area (Å²) in [4.78, 5) is 60.2. The van der Waals surface area contributed by atoms with Crippen LogP contribution < -0.4 is 14.8 Å². The second-order valence-electron chi connectivity index (χ2n) is 20.1. The highest BCUT2D eigenvalue weighted by Gasteiger charge is 2.35. The van der Waals surface area contributed by atoms with Crippen LogP contribution in [0, 0.1) is 10.8 Å². The Kier molecular flexibility index (Phi) is 22.6. The van der Waals surface area contributed by atoms with Gasteiger partial charge in [0.05, 0.1) is 13.2 Å². The Morgan fingerprint density at radius 3 is 1.26 bits per heavy atom. The minimum atomic E-state index is -0.965. The van der Waals surface area contributed by atoms with Crippen LogP contribution in [0.4, 0.5) is 19.2 Å². The molecule has 0 spiro atoms. The Bertz CT molecular complexity index is 1900. The number of unbranched alkanes of at least 4 members (excludes halogenated alkanes) is 8. The minimum Gasteiger partial charge on any atom is -0.494 e. The lowest BCUT2D eigenvalue weighted by molar-refractivity contribution is 0.0271. The number of carbonyl (C=O) groups excluding carboxylic acids is 4. The zero-order valence-corrected chi connectivity index (χ0v) is 41.9. The Morgan fingerprint density at radius 2 is 0.879 bits per heavy atom. The number of nitrogens with zero attached hydrogens (tertiary/aromatic N) is 3. The largest absolute Gasteiger partial charge is 0.494 e. The molecule has 0 atom stereocenters. The molecule has 0 heterocycles. The number of hydrogen-bond donors (Lipinski definition) is 3. The number of amides is 4. The molecule has 0 fully saturated rings. The molecule has 4 amide bonds. The van der Waals surface area contributed by atoms with Crippen molar-refractivity contribution in [2.75, 3.05) is 26.3 Å². The summed E-state index contributed by atoms with van der Waals surface area (Å²) in [6.07, 6.45) is 4.27. The molecule has 0 radical (unpaired) electrons. The van der Waals surface area contributed by atoms with Crippen molar-refractivity contribution < 1.29 is 47.6 Å². The third-order valence-corrected chi connectivity index (χ3v) is 8.94. The van der Waals surface area contributed by atoms with E-state index in [9.17, 15) is 19.2 Å². The van der Waals surface area contributed by atoms with E-state index in [4.69, 9.17) is 39.2 Å². The predicted molar refractivity (Wildman–Crippen MR) is 258 cm³/mol. The molecule has 3 N–H and O–H groups in total. The van der Waals surface area contributed by atoms with Crippen LogP contribution in [0.2, 0.25) is 0 Å². The molecule has 2 rings (SSSR count). The highest BCUT2D eigenvalue weighted by Crippen LogP contribution is 2.21. The number of hydrogen-bond acceptors (Lipinski definition) is 12. The molecular weight excluding hydrogens is 845 g/mol. The van der Waals surface area contributed by atoms with Crippen molar-refractivity contribution in [1.82, 2.24) is 15.1 Å². The van der Waals surface area contributed by atoms with E-state index in [0.29, 0.717) is 49.5 Å². The molecule has 66 heavy (non-hydrogen) atoms. The summed E-state index contributed by atoms with van der Waals surface area (Å²) in [6.45, 7) is 23.8. The zero-order chi connectivity index (χ0) is 49.7. The number of aliphatic imine (C=N–C) groups is 1. The van der Waals surface area contributed by atoms with E-state index < -0.39 is 46.8 Å². The van der Waals surface area contributed by atoms with Crippen LogP contribution in [0.1, 0.15) is 165 Å². The van der Waals surface area contributed by atoms with Gasteiger partial charge >= 0.3 is 24.4 Å². The molecule has 0 unspecified atom stereocenters. The summed E-state index contributed by atoms with van der Waals surface area (Å²) >= 11 is 0. The SMILES string of the molecule is CC(=N)c1ccc(OCCCCCCCN(C(=O)OC(C)(C)C)C(=NC(=O)OC(C)(C)C)N(CCCCCCCOc2ccc(C(=N)NC(=O)OC(C)(C)C)cc2)C(=O)OC(C)(C)C)cc1. The number of nitrogens with one attached hydrogen (secondary N) is 3. The number of amidine groups is 1. The van der Waals surface area contributed by atoms with E-state index in [1.165, 1.54) is 9.80 Å². The predicted octanol–water partition coefficient (Wildman–Crippen LogP) is 12.0. The van der Waals surface area contributed by atoms with E-state index in [1.807, 2.05) is 24.3 Å². The average molecular weight is 923 g/mol. The average Bonchev–Trinajstić information content (AvgIpc) is 3.16. The van der Waals surface area contributed by atoms with Gasteiger partial charge in [0, 0.05) is 24.4 Å². The van der Waals surface area contributed by atoms with Crippen molar-refractivity contribution in [2.45, 2.75) is 177 Å². The molecule has 0 aromatic heterocycles. The van der Waals surface area contributed by atoms with Crippen LogP contribution in [0.25, 0.3) is 0 Å². The lowest BCUT2D eigenvalue weighted by Crippen LogP contribution is -2.53. The van der Waals surface area contributed by atoms with Crippen molar-refractivity contribution in [3.8, 4) is 11.5 Å². The van der Waals surface area contributed by atoms with Gasteiger partial charge in [-0.2, -0.15) is 0 Å². The minimum absolute atomic E-state index is 0.0784. The second-order valence-corrected chi connectivity index (χ2v) is 20.1. The molecule has 16 heteroatoms. The van der Waals surface area contributed by atoms with Gasteiger partial charge in [-0.3, -0.25) is 10.7 Å². The molecule has 16 nitrogen and oxygen atoms in total. The van der Waals surface area contributed by atoms with Gasteiger partial charge in [0.1, 0.15) is 39.7 Å². The molecule has 0 aliphatic carbocycles. The zero-order valence-electron chi connectivity index (χ0n) is 41.9. The monoisotopic (exact) mass is 923 g/mol. The van der Waals surface area contributed by atoms with Gasteiger partial charge in [0.15, 0.2) is 0 Å². The first-order chi connectivity index (χ1) is 30.6. The first-order valence-electron chi connectivity index (χ1n) is 23.1. The second kappa shape index (κ2) is 26.5. The summed E-state index contributed by atoms with van der Waals surface area (Å²) in [5, 5.41) is 18.4. The van der Waals surface area contributed by atoms with Crippen LogP contribution in [-0.4, -0.2) is 100 Å². The van der Waals surface area contributed by atoms with Crippen LogP contribution in [0.5, 0.6) is 11.5 Å². The number of benzene rings is 2. The fraction of sp³-hybridized carbons (Fsp3) is 0.620. The van der Waals surface area contributed by atoms with Gasteiger partial charge in [-0.05, 0) is 170 Å². The maximum absolute atomic E-state index is 14.0. The van der Waals surface area contributed by atoms with Gasteiger partial charge in [0.2, 0.25) is 5.96 Å². The molecule has 2 aromatic carbocycles. The Morgan fingerprint density at radius 1 is 0.515 bits per heavy atom. The lowest BCUT2D eigenvalue weighted by Gasteiger charge is -2.34. The van der Waals surface area contributed by atoms with Crippen molar-refractivity contribution >= 4 is 41.9 Å². The number of alkyl carbamates (subject to hydrolysis) is 1. The standard InChI is InChI=1S/C50H78N6O10/c1-36(51)37-24-28-39(29-25-37)61-34-22-18-14-16-20-32-55(45(59)65-49(8,9)10)42(54-44(58)64-48(5,6)7)56(46(60)66-50(11,12)13)33-21-17-15-19-23-35-62-40-30-26-38(27-31-40)41(52)53-43(57)63-47(2,3)4/h24-31,51H,14-23,32-35H2,1-13H3,(H2,52,53,57). The third kappa shape index (κ3) is 24.6. The lowest BCUT2D eigenvalue weighted by atomic mass is 10.1. The number of carbonyl (C=O) groups is 4. The van der Waals surface area contributed by atoms with E-state index in [2.05, 4.69) is 10.3 Å². The number of rotatable bonds is 20. The van der Waals surface area contributed by atoms with Gasteiger partial charge in [-0.25, -0.2) is 29.0 Å². The normalized spacial score (nSPS) is 12.1. The quantitative estimate of drug-likeness (QED) is 0.0496. The van der Waals surface area contributed by atoms with Crippen LogP contribution in [0.15, 0.2) is 53.5 Å². The van der Waals surface area contributed by atoms with Crippen LogP contribution in [0.3, 0.4) is 0 Å². The summed E-state index contributed by atoms with van der Waals surface area (Å²) < 4.78 is 34.3. The van der Waals surface area contributed by atoms with Crippen molar-refractivity contribution in [3.63, 3.8) is 0 Å². The third-order valence-electron chi connectivity index (χ3n) is 8.94. The van der Waals surface area contributed by atoms with Crippen molar-refractivity contribution in [2.24, 2.45) is 4.99 Å². The maximum atomic E-state index is 14.0. The van der Waals surface area contributed by atoms with Crippen molar-refractivity contribution in [3.05, 3.63) is 59.7 Å². The summed E-state index contributed by atoms with van der Waals surface area (Å²) in [6, 6.07) is 14.3. The van der Waals surface area contributed by atoms with E-state index in [1.54, 1.807) is 114 Å². The topological polar surface area (TPSA) is 202 Å². The Labute approximate surface area is 393 Å². The van der Waals surface area contributed by atoms with Crippen LogP contribution in [-0.2, 0) is 18.9 Å². The van der Waals surface area contributed by atoms with E-state index in [-0.39, 0.29) is 24.9 Å². The fourth-order valence-electron chi connectivity index (χ4n) is 5.99. The molecule has 0 aliphatic rings. The smallest absolute Gasteiger partial charge is 0.437 e. The molecule has 0 bridgehead atoms. The van der Waals surface area contributed by atoms with Gasteiger partial charge in [-0.1, -0.05) is 38.5 Å².